The second-order valence-corrected chi connectivity index (χ2v) is 7.03. The highest BCUT2D eigenvalue weighted by atomic mass is 32.2. The van der Waals surface area contributed by atoms with E-state index in [9.17, 15) is 9.59 Å². The number of anilines is 1. The van der Waals surface area contributed by atoms with E-state index in [2.05, 4.69) is 10.3 Å². The minimum absolute atomic E-state index is 0.0721. The molecule has 2 aromatic rings. The molecule has 1 aliphatic heterocycles. The molecule has 0 bridgehead atoms. The van der Waals surface area contributed by atoms with Crippen molar-refractivity contribution in [2.24, 2.45) is 7.05 Å². The molecular formula is C18H22N4O2S. The Morgan fingerprint density at radius 2 is 1.88 bits per heavy atom. The Morgan fingerprint density at radius 3 is 2.52 bits per heavy atom. The van der Waals surface area contributed by atoms with Crippen molar-refractivity contribution in [2.45, 2.75) is 24.4 Å². The van der Waals surface area contributed by atoms with Gasteiger partial charge in [0.1, 0.15) is 0 Å². The van der Waals surface area contributed by atoms with E-state index in [4.69, 9.17) is 0 Å². The zero-order chi connectivity index (χ0) is 17.6. The maximum atomic E-state index is 12.4. The van der Waals surface area contributed by atoms with Crippen molar-refractivity contribution in [3.63, 3.8) is 0 Å². The molecule has 0 radical (unpaired) electrons. The van der Waals surface area contributed by atoms with Crippen molar-refractivity contribution in [1.29, 1.82) is 0 Å². The summed E-state index contributed by atoms with van der Waals surface area (Å²) in [5.74, 6) is 0.269. The van der Waals surface area contributed by atoms with Crippen LogP contribution in [0.1, 0.15) is 29.6 Å². The first-order chi connectivity index (χ1) is 12.1. The average molecular weight is 358 g/mol. The quantitative estimate of drug-likeness (QED) is 0.835. The van der Waals surface area contributed by atoms with Gasteiger partial charge in [0.05, 0.1) is 5.75 Å². The van der Waals surface area contributed by atoms with Gasteiger partial charge in [-0.2, -0.15) is 0 Å². The van der Waals surface area contributed by atoms with Crippen LogP contribution in [0.15, 0.2) is 41.8 Å². The molecule has 0 spiro atoms. The number of benzene rings is 1. The van der Waals surface area contributed by atoms with Gasteiger partial charge in [-0.25, -0.2) is 4.98 Å². The summed E-state index contributed by atoms with van der Waals surface area (Å²) in [6.07, 6.45) is 6.91. The molecule has 7 heteroatoms. The topological polar surface area (TPSA) is 67.2 Å². The molecule has 2 heterocycles. The first kappa shape index (κ1) is 17.5. The third-order valence-electron chi connectivity index (χ3n) is 4.17. The average Bonchev–Trinajstić information content (AvgIpc) is 3.06. The molecule has 132 valence electrons. The molecule has 3 rings (SSSR count). The minimum Gasteiger partial charge on any atom is -0.339 e. The van der Waals surface area contributed by atoms with Gasteiger partial charge in [-0.05, 0) is 43.5 Å². The number of imidazole rings is 1. The molecule has 25 heavy (non-hydrogen) atoms. The van der Waals surface area contributed by atoms with Crippen LogP contribution in [0.4, 0.5) is 5.69 Å². The Hall–Kier alpha value is -2.28. The lowest BCUT2D eigenvalue weighted by Gasteiger charge is -2.26. The molecule has 0 saturated carbocycles. The van der Waals surface area contributed by atoms with Gasteiger partial charge < -0.3 is 14.8 Å². The smallest absolute Gasteiger partial charge is 0.253 e. The van der Waals surface area contributed by atoms with Gasteiger partial charge >= 0.3 is 0 Å². The number of hydrogen-bond donors (Lipinski definition) is 1. The fourth-order valence-electron chi connectivity index (χ4n) is 2.79. The zero-order valence-corrected chi connectivity index (χ0v) is 15.1. The SMILES string of the molecule is Cn1ccnc1SCC(=O)Nc1ccc(C(=O)N2CCCCC2)cc1. The van der Waals surface area contributed by atoms with E-state index in [1.807, 2.05) is 22.7 Å². The molecule has 1 aromatic heterocycles. The van der Waals surface area contributed by atoms with Crippen molar-refractivity contribution in [3.05, 3.63) is 42.2 Å². The van der Waals surface area contributed by atoms with E-state index in [-0.39, 0.29) is 11.8 Å². The second kappa shape index (κ2) is 8.20. The van der Waals surface area contributed by atoms with Gasteiger partial charge in [0.25, 0.3) is 5.91 Å². The first-order valence-electron chi connectivity index (χ1n) is 8.43. The minimum atomic E-state index is -0.0943. The maximum Gasteiger partial charge on any atom is 0.253 e. The van der Waals surface area contributed by atoms with Gasteiger partial charge in [-0.15, -0.1) is 0 Å². The van der Waals surface area contributed by atoms with Gasteiger partial charge in [0, 0.05) is 43.8 Å². The molecule has 1 fully saturated rings. The summed E-state index contributed by atoms with van der Waals surface area (Å²) >= 11 is 1.39. The van der Waals surface area contributed by atoms with Crippen molar-refractivity contribution in [2.75, 3.05) is 24.2 Å². The predicted molar refractivity (Wildman–Crippen MR) is 98.8 cm³/mol. The van der Waals surface area contributed by atoms with Crippen LogP contribution < -0.4 is 5.32 Å². The number of piperidine rings is 1. The molecule has 6 nitrogen and oxygen atoms in total. The number of nitrogens with zero attached hydrogens (tertiary/aromatic N) is 3. The van der Waals surface area contributed by atoms with Crippen LogP contribution in [0.2, 0.25) is 0 Å². The van der Waals surface area contributed by atoms with Gasteiger partial charge in [0.15, 0.2) is 5.16 Å². The molecular weight excluding hydrogens is 336 g/mol. The Morgan fingerprint density at radius 1 is 1.16 bits per heavy atom. The zero-order valence-electron chi connectivity index (χ0n) is 14.3. The van der Waals surface area contributed by atoms with E-state index in [0.717, 1.165) is 31.1 Å². The summed E-state index contributed by atoms with van der Waals surface area (Å²) in [6.45, 7) is 1.67. The number of hydrogen-bond acceptors (Lipinski definition) is 4. The van der Waals surface area contributed by atoms with Gasteiger partial charge in [-0.1, -0.05) is 11.8 Å². The monoisotopic (exact) mass is 358 g/mol. The number of carbonyl (C=O) groups excluding carboxylic acids is 2. The summed E-state index contributed by atoms with van der Waals surface area (Å²) in [4.78, 5) is 30.5. The van der Waals surface area contributed by atoms with Crippen LogP contribution in [-0.4, -0.2) is 45.1 Å². The Kier molecular flexibility index (Phi) is 5.75. The normalized spacial score (nSPS) is 14.4. The largest absolute Gasteiger partial charge is 0.339 e. The van der Waals surface area contributed by atoms with Gasteiger partial charge in [-0.3, -0.25) is 9.59 Å². The Labute approximate surface area is 151 Å². The summed E-state index contributed by atoms with van der Waals surface area (Å²) < 4.78 is 1.87. The molecule has 0 unspecified atom stereocenters. The van der Waals surface area contributed by atoms with Crippen LogP contribution in [0.5, 0.6) is 0 Å². The van der Waals surface area contributed by atoms with Crippen LogP contribution in [0.25, 0.3) is 0 Å². The molecule has 0 atom stereocenters. The summed E-state index contributed by atoms with van der Waals surface area (Å²) in [5, 5.41) is 3.65. The van der Waals surface area contributed by atoms with Crippen molar-refractivity contribution >= 4 is 29.3 Å². The highest BCUT2D eigenvalue weighted by Gasteiger charge is 2.18. The van der Waals surface area contributed by atoms with Crippen LogP contribution >= 0.6 is 11.8 Å². The first-order valence-corrected chi connectivity index (χ1v) is 9.41. The molecule has 1 N–H and O–H groups in total. The van der Waals surface area contributed by atoms with E-state index >= 15 is 0 Å². The summed E-state index contributed by atoms with van der Waals surface area (Å²) in [5.41, 5.74) is 1.36. The van der Waals surface area contributed by atoms with Gasteiger partial charge in [0.2, 0.25) is 5.91 Å². The number of nitrogens with one attached hydrogen (secondary N) is 1. The molecule has 1 aromatic carbocycles. The van der Waals surface area contributed by atoms with Crippen LogP contribution in [-0.2, 0) is 11.8 Å². The third kappa shape index (κ3) is 4.63. The Balaban J connectivity index is 1.52. The van der Waals surface area contributed by atoms with Crippen LogP contribution in [0.3, 0.4) is 0 Å². The lowest BCUT2D eigenvalue weighted by molar-refractivity contribution is -0.113. The number of likely N-dealkylation sites (tertiary alicyclic amines) is 1. The van der Waals surface area contributed by atoms with E-state index in [1.54, 1.807) is 30.5 Å². The predicted octanol–water partition coefficient (Wildman–Crippen LogP) is 2.78. The lowest BCUT2D eigenvalue weighted by Crippen LogP contribution is -2.35. The third-order valence-corrected chi connectivity index (χ3v) is 5.23. The number of aromatic nitrogens is 2. The second-order valence-electron chi connectivity index (χ2n) is 6.09. The van der Waals surface area contributed by atoms with E-state index in [0.29, 0.717) is 17.0 Å². The van der Waals surface area contributed by atoms with Crippen molar-refractivity contribution in [3.8, 4) is 0 Å². The highest BCUT2D eigenvalue weighted by Crippen LogP contribution is 2.17. The van der Waals surface area contributed by atoms with Crippen LogP contribution in [0, 0.1) is 0 Å². The Bertz CT molecular complexity index is 736. The fraction of sp³-hybridized carbons (Fsp3) is 0.389. The highest BCUT2D eigenvalue weighted by molar-refractivity contribution is 7.99. The van der Waals surface area contributed by atoms with E-state index in [1.165, 1.54) is 18.2 Å². The maximum absolute atomic E-state index is 12.4. The lowest BCUT2D eigenvalue weighted by atomic mass is 10.1. The number of aryl methyl sites for hydroxylation is 1. The number of thioether (sulfide) groups is 1. The fourth-order valence-corrected chi connectivity index (χ4v) is 3.53. The number of carbonyl (C=O) groups is 2. The number of amides is 2. The standard InChI is InChI=1S/C18H22N4O2S/c1-21-12-9-19-18(21)25-13-16(23)20-15-7-5-14(6-8-15)17(24)22-10-3-2-4-11-22/h5-9,12H,2-4,10-11,13H2,1H3,(H,20,23). The summed E-state index contributed by atoms with van der Waals surface area (Å²) in [6, 6.07) is 7.11. The molecule has 2 amide bonds. The summed E-state index contributed by atoms with van der Waals surface area (Å²) in [7, 11) is 1.89. The van der Waals surface area contributed by atoms with Crippen molar-refractivity contribution in [1.82, 2.24) is 14.5 Å². The van der Waals surface area contributed by atoms with E-state index < -0.39 is 0 Å². The van der Waals surface area contributed by atoms with Crippen molar-refractivity contribution < 1.29 is 9.59 Å². The number of rotatable bonds is 5. The molecule has 1 aliphatic rings. The molecule has 1 saturated heterocycles. The molecule has 0 aliphatic carbocycles.